The van der Waals surface area contributed by atoms with Crippen LogP contribution in [-0.2, 0) is 10.0 Å². The van der Waals surface area contributed by atoms with Gasteiger partial charge < -0.3 is 5.11 Å². The van der Waals surface area contributed by atoms with E-state index in [-0.39, 0.29) is 17.3 Å². The number of rotatable bonds is 5. The Kier molecular flexibility index (Phi) is 3.30. The fourth-order valence-corrected chi connectivity index (χ4v) is 2.03. The number of nitrogens with one attached hydrogen (secondary N) is 2. The van der Waals surface area contributed by atoms with Crippen molar-refractivity contribution in [2.45, 2.75) is 13.3 Å². The number of carboxylic acids is 1. The van der Waals surface area contributed by atoms with Crippen LogP contribution >= 0.6 is 0 Å². The fourth-order valence-electron chi connectivity index (χ4n) is 0.963. The first-order chi connectivity index (χ1) is 6.94. The second-order valence-corrected chi connectivity index (χ2v) is 4.73. The number of hydrogen-bond acceptors (Lipinski definition) is 4. The topological polar surface area (TPSA) is 112 Å². The first-order valence-electron chi connectivity index (χ1n) is 4.24. The number of carboxylic acid groups (broad SMARTS) is 1. The molecule has 0 aromatic carbocycles. The third-order valence-electron chi connectivity index (χ3n) is 1.54. The highest BCUT2D eigenvalue weighted by Gasteiger charge is 2.13. The molecule has 1 aromatic rings. The summed E-state index contributed by atoms with van der Waals surface area (Å²) >= 11 is 0. The van der Waals surface area contributed by atoms with Gasteiger partial charge in [-0.1, -0.05) is 6.92 Å². The molecule has 8 heteroatoms. The number of aromatic carboxylic acids is 1. The molecular weight excluding hydrogens is 222 g/mol. The molecule has 0 unspecified atom stereocenters. The number of aromatic nitrogens is 2. The van der Waals surface area contributed by atoms with E-state index in [1.807, 2.05) is 0 Å². The predicted octanol–water partition coefficient (Wildman–Crippen LogP) is 0.260. The Morgan fingerprint density at radius 3 is 2.80 bits per heavy atom. The maximum atomic E-state index is 11.3. The van der Waals surface area contributed by atoms with Gasteiger partial charge in [0, 0.05) is 6.07 Å². The largest absolute Gasteiger partial charge is 0.477 e. The Hall–Kier alpha value is -1.57. The van der Waals surface area contributed by atoms with E-state index in [0.29, 0.717) is 6.42 Å². The van der Waals surface area contributed by atoms with Crippen molar-refractivity contribution in [3.8, 4) is 0 Å². The minimum absolute atomic E-state index is 0.0131. The van der Waals surface area contributed by atoms with Crippen LogP contribution in [0.15, 0.2) is 6.07 Å². The van der Waals surface area contributed by atoms with Crippen molar-refractivity contribution in [2.75, 3.05) is 10.5 Å². The van der Waals surface area contributed by atoms with Crippen LogP contribution in [0.4, 0.5) is 5.82 Å². The molecule has 0 radical (unpaired) electrons. The summed E-state index contributed by atoms with van der Waals surface area (Å²) in [6.07, 6.45) is 0.478. The third-order valence-corrected chi connectivity index (χ3v) is 3.01. The van der Waals surface area contributed by atoms with Gasteiger partial charge in [0.1, 0.15) is 5.69 Å². The van der Waals surface area contributed by atoms with Crippen LogP contribution in [0.1, 0.15) is 23.8 Å². The van der Waals surface area contributed by atoms with Crippen molar-refractivity contribution in [3.63, 3.8) is 0 Å². The molecule has 0 aliphatic heterocycles. The Morgan fingerprint density at radius 1 is 1.67 bits per heavy atom. The Balaban J connectivity index is 2.77. The van der Waals surface area contributed by atoms with Crippen LogP contribution < -0.4 is 4.72 Å². The van der Waals surface area contributed by atoms with Gasteiger partial charge in [-0.2, -0.15) is 5.10 Å². The minimum Gasteiger partial charge on any atom is -0.477 e. The lowest BCUT2D eigenvalue weighted by atomic mass is 10.4. The van der Waals surface area contributed by atoms with Crippen LogP contribution in [0.5, 0.6) is 0 Å². The Bertz CT molecular complexity index is 451. The van der Waals surface area contributed by atoms with Crippen LogP contribution in [-0.4, -0.2) is 35.4 Å². The molecule has 0 fully saturated rings. The summed E-state index contributed by atoms with van der Waals surface area (Å²) in [5.74, 6) is -1.23. The lowest BCUT2D eigenvalue weighted by Gasteiger charge is -2.01. The molecule has 1 rings (SSSR count). The summed E-state index contributed by atoms with van der Waals surface area (Å²) in [6, 6.07) is 1.12. The monoisotopic (exact) mass is 233 g/mol. The number of sulfonamides is 1. The lowest BCUT2D eigenvalue weighted by molar-refractivity contribution is 0.0690. The number of anilines is 1. The zero-order valence-corrected chi connectivity index (χ0v) is 8.84. The van der Waals surface area contributed by atoms with E-state index in [1.165, 1.54) is 0 Å². The van der Waals surface area contributed by atoms with Crippen molar-refractivity contribution in [2.24, 2.45) is 0 Å². The van der Waals surface area contributed by atoms with Crippen molar-refractivity contribution in [1.82, 2.24) is 10.2 Å². The standard InChI is InChI=1S/C7H11N3O4S/c1-2-3-15(13,14)10-6-4-5(7(11)12)8-9-6/h4H,2-3H2,1H3,(H,11,12)(H2,8,9,10). The summed E-state index contributed by atoms with van der Waals surface area (Å²) in [4.78, 5) is 10.5. The van der Waals surface area contributed by atoms with Gasteiger partial charge in [-0.05, 0) is 6.42 Å². The first-order valence-corrected chi connectivity index (χ1v) is 5.89. The zero-order chi connectivity index (χ0) is 11.5. The highest BCUT2D eigenvalue weighted by Crippen LogP contribution is 2.08. The van der Waals surface area contributed by atoms with Gasteiger partial charge in [-0.15, -0.1) is 0 Å². The van der Waals surface area contributed by atoms with Gasteiger partial charge in [-0.3, -0.25) is 9.82 Å². The average molecular weight is 233 g/mol. The highest BCUT2D eigenvalue weighted by molar-refractivity contribution is 7.92. The summed E-state index contributed by atoms with van der Waals surface area (Å²) in [7, 11) is -3.42. The molecule has 0 atom stereocenters. The summed E-state index contributed by atoms with van der Waals surface area (Å²) < 4.78 is 24.7. The summed E-state index contributed by atoms with van der Waals surface area (Å²) in [5, 5.41) is 14.3. The van der Waals surface area contributed by atoms with Gasteiger partial charge in [0.25, 0.3) is 0 Å². The van der Waals surface area contributed by atoms with E-state index >= 15 is 0 Å². The van der Waals surface area contributed by atoms with Crippen LogP contribution in [0.25, 0.3) is 0 Å². The van der Waals surface area contributed by atoms with E-state index in [1.54, 1.807) is 6.92 Å². The van der Waals surface area contributed by atoms with E-state index in [2.05, 4.69) is 14.9 Å². The first kappa shape index (κ1) is 11.5. The molecule has 0 spiro atoms. The van der Waals surface area contributed by atoms with E-state index < -0.39 is 16.0 Å². The van der Waals surface area contributed by atoms with Crippen molar-refractivity contribution in [3.05, 3.63) is 11.8 Å². The van der Waals surface area contributed by atoms with Gasteiger partial charge >= 0.3 is 5.97 Å². The second-order valence-electron chi connectivity index (χ2n) is 2.89. The lowest BCUT2D eigenvalue weighted by Crippen LogP contribution is -2.16. The van der Waals surface area contributed by atoms with Gasteiger partial charge in [0.05, 0.1) is 5.75 Å². The molecule has 15 heavy (non-hydrogen) atoms. The molecule has 0 aliphatic rings. The summed E-state index contributed by atoms with van der Waals surface area (Å²) in [6.45, 7) is 1.73. The normalized spacial score (nSPS) is 11.3. The molecule has 84 valence electrons. The highest BCUT2D eigenvalue weighted by atomic mass is 32.2. The van der Waals surface area contributed by atoms with Gasteiger partial charge in [0.15, 0.2) is 5.82 Å². The molecular formula is C7H11N3O4S. The molecule has 0 bridgehead atoms. The Labute approximate surface area is 86.6 Å². The van der Waals surface area contributed by atoms with E-state index in [9.17, 15) is 13.2 Å². The molecule has 3 N–H and O–H groups in total. The fraction of sp³-hybridized carbons (Fsp3) is 0.429. The second kappa shape index (κ2) is 4.30. The van der Waals surface area contributed by atoms with Crippen molar-refractivity contribution in [1.29, 1.82) is 0 Å². The quantitative estimate of drug-likeness (QED) is 0.675. The molecule has 0 aliphatic carbocycles. The Morgan fingerprint density at radius 2 is 2.33 bits per heavy atom. The molecule has 0 saturated heterocycles. The van der Waals surface area contributed by atoms with Gasteiger partial charge in [0.2, 0.25) is 10.0 Å². The number of carbonyl (C=O) groups is 1. The molecule has 7 nitrogen and oxygen atoms in total. The average Bonchev–Trinajstić information content (AvgIpc) is 2.51. The third kappa shape index (κ3) is 3.24. The predicted molar refractivity (Wildman–Crippen MR) is 53.2 cm³/mol. The van der Waals surface area contributed by atoms with Crippen LogP contribution in [0, 0.1) is 0 Å². The summed E-state index contributed by atoms with van der Waals surface area (Å²) in [5.41, 5.74) is -0.163. The SMILES string of the molecule is CCCS(=O)(=O)Nc1cc(C(=O)O)[nH]n1. The number of H-pyrrole nitrogens is 1. The zero-order valence-electron chi connectivity index (χ0n) is 8.02. The molecule has 0 saturated carbocycles. The maximum Gasteiger partial charge on any atom is 0.353 e. The number of hydrogen-bond donors (Lipinski definition) is 3. The molecule has 1 aromatic heterocycles. The maximum absolute atomic E-state index is 11.3. The van der Waals surface area contributed by atoms with Crippen molar-refractivity contribution < 1.29 is 18.3 Å². The smallest absolute Gasteiger partial charge is 0.353 e. The van der Waals surface area contributed by atoms with Crippen molar-refractivity contribution >= 4 is 21.8 Å². The number of nitrogens with zero attached hydrogens (tertiary/aromatic N) is 1. The number of aromatic amines is 1. The van der Waals surface area contributed by atoms with Gasteiger partial charge in [-0.25, -0.2) is 13.2 Å². The minimum atomic E-state index is -3.42. The molecule has 1 heterocycles. The van der Waals surface area contributed by atoms with Crippen LogP contribution in [0.3, 0.4) is 0 Å². The van der Waals surface area contributed by atoms with E-state index in [0.717, 1.165) is 6.07 Å². The van der Waals surface area contributed by atoms with Crippen LogP contribution in [0.2, 0.25) is 0 Å². The molecule has 0 amide bonds. The van der Waals surface area contributed by atoms with E-state index in [4.69, 9.17) is 5.11 Å².